The maximum Gasteiger partial charge on any atom is 0.417 e. The molecular weight excluding hydrogens is 280 g/mol. The van der Waals surface area contributed by atoms with Crippen LogP contribution in [0, 0.1) is 11.7 Å². The van der Waals surface area contributed by atoms with Gasteiger partial charge in [-0.15, -0.1) is 0 Å². The fourth-order valence-corrected chi connectivity index (χ4v) is 2.16. The van der Waals surface area contributed by atoms with Gasteiger partial charge in [0.1, 0.15) is 0 Å². The van der Waals surface area contributed by atoms with Crippen molar-refractivity contribution in [1.82, 2.24) is 4.98 Å². The quantitative estimate of drug-likeness (QED) is 0.851. The lowest BCUT2D eigenvalue weighted by Crippen LogP contribution is -2.37. The van der Waals surface area contributed by atoms with Crippen LogP contribution in [0.3, 0.4) is 0 Å². The fourth-order valence-electron chi connectivity index (χ4n) is 2.16. The summed E-state index contributed by atoms with van der Waals surface area (Å²) in [6, 6.07) is 0.408. The predicted octanol–water partition coefficient (Wildman–Crippen LogP) is 2.54. The second kappa shape index (κ2) is 5.26. The summed E-state index contributed by atoms with van der Waals surface area (Å²) in [5.74, 6) is -2.62. The third-order valence-corrected chi connectivity index (χ3v) is 3.29. The van der Waals surface area contributed by atoms with Crippen LogP contribution >= 0.6 is 0 Å². The smallest absolute Gasteiger partial charge is 0.417 e. The second-order valence-corrected chi connectivity index (χ2v) is 4.63. The molecular formula is C12H12F4N2O2. The summed E-state index contributed by atoms with van der Waals surface area (Å²) in [5.41, 5.74) is -1.14. The van der Waals surface area contributed by atoms with Crippen LogP contribution in [0.4, 0.5) is 23.4 Å². The van der Waals surface area contributed by atoms with Gasteiger partial charge in [0.25, 0.3) is 0 Å². The molecule has 0 aliphatic carbocycles. The van der Waals surface area contributed by atoms with Gasteiger partial charge in [0.05, 0.1) is 11.5 Å². The fraction of sp³-hybridized carbons (Fsp3) is 0.500. The number of piperidine rings is 1. The van der Waals surface area contributed by atoms with Crippen LogP contribution in [0.1, 0.15) is 18.4 Å². The number of carbonyl (C=O) groups is 1. The van der Waals surface area contributed by atoms with Crippen molar-refractivity contribution in [2.24, 2.45) is 5.92 Å². The maximum atomic E-state index is 13.7. The lowest BCUT2D eigenvalue weighted by atomic mass is 9.97. The number of aliphatic carboxylic acids is 1. The van der Waals surface area contributed by atoms with Crippen molar-refractivity contribution in [3.05, 3.63) is 23.6 Å². The Morgan fingerprint density at radius 1 is 1.35 bits per heavy atom. The zero-order valence-electron chi connectivity index (χ0n) is 10.3. The van der Waals surface area contributed by atoms with Gasteiger partial charge in [-0.2, -0.15) is 13.2 Å². The Morgan fingerprint density at radius 2 is 1.95 bits per heavy atom. The Hall–Kier alpha value is -1.86. The number of carboxylic acid groups (broad SMARTS) is 1. The van der Waals surface area contributed by atoms with Gasteiger partial charge in [0, 0.05) is 19.3 Å². The molecule has 1 saturated heterocycles. The molecule has 1 aromatic rings. The van der Waals surface area contributed by atoms with Gasteiger partial charge in [0.15, 0.2) is 11.6 Å². The number of aromatic nitrogens is 1. The Balaban J connectivity index is 2.13. The van der Waals surface area contributed by atoms with Crippen LogP contribution in [0.2, 0.25) is 0 Å². The first-order valence-corrected chi connectivity index (χ1v) is 5.99. The SMILES string of the molecule is O=C(O)C1CCN(c2ncc(C(F)(F)F)cc2F)CC1. The minimum Gasteiger partial charge on any atom is -0.481 e. The lowest BCUT2D eigenvalue weighted by Gasteiger charge is -2.31. The maximum absolute atomic E-state index is 13.7. The molecule has 110 valence electrons. The summed E-state index contributed by atoms with van der Waals surface area (Å²) in [5, 5.41) is 8.84. The molecule has 1 aliphatic rings. The van der Waals surface area contributed by atoms with E-state index < -0.39 is 29.4 Å². The number of halogens is 4. The van der Waals surface area contributed by atoms with Crippen LogP contribution in [0.5, 0.6) is 0 Å². The number of carboxylic acids is 1. The number of pyridine rings is 1. The Labute approximate surface area is 112 Å². The van der Waals surface area contributed by atoms with E-state index in [2.05, 4.69) is 4.98 Å². The van der Waals surface area contributed by atoms with Crippen LogP contribution < -0.4 is 4.90 Å². The number of rotatable bonds is 2. The Morgan fingerprint density at radius 3 is 2.40 bits per heavy atom. The highest BCUT2D eigenvalue weighted by molar-refractivity contribution is 5.70. The van der Waals surface area contributed by atoms with Crippen LogP contribution in [0.15, 0.2) is 12.3 Å². The molecule has 1 aromatic heterocycles. The Bertz CT molecular complexity index is 511. The molecule has 0 aromatic carbocycles. The predicted molar refractivity (Wildman–Crippen MR) is 61.8 cm³/mol. The monoisotopic (exact) mass is 292 g/mol. The van der Waals surface area contributed by atoms with Gasteiger partial charge in [-0.05, 0) is 18.9 Å². The summed E-state index contributed by atoms with van der Waals surface area (Å²) < 4.78 is 50.9. The summed E-state index contributed by atoms with van der Waals surface area (Å²) in [6.45, 7) is 0.512. The minimum absolute atomic E-state index is 0.165. The van der Waals surface area contributed by atoms with E-state index in [0.29, 0.717) is 25.1 Å². The van der Waals surface area contributed by atoms with Gasteiger partial charge in [-0.3, -0.25) is 4.79 Å². The van der Waals surface area contributed by atoms with E-state index in [1.165, 1.54) is 4.90 Å². The highest BCUT2D eigenvalue weighted by Gasteiger charge is 2.33. The van der Waals surface area contributed by atoms with E-state index in [9.17, 15) is 22.4 Å². The normalized spacial score (nSPS) is 17.3. The number of anilines is 1. The van der Waals surface area contributed by atoms with Crippen molar-refractivity contribution in [3.8, 4) is 0 Å². The highest BCUT2D eigenvalue weighted by atomic mass is 19.4. The van der Waals surface area contributed by atoms with Crippen molar-refractivity contribution < 1.29 is 27.5 Å². The number of hydrogen-bond acceptors (Lipinski definition) is 3. The zero-order valence-corrected chi connectivity index (χ0v) is 10.3. The van der Waals surface area contributed by atoms with Gasteiger partial charge in [0.2, 0.25) is 0 Å². The third-order valence-electron chi connectivity index (χ3n) is 3.29. The molecule has 0 unspecified atom stereocenters. The van der Waals surface area contributed by atoms with Crippen molar-refractivity contribution in [2.75, 3.05) is 18.0 Å². The van der Waals surface area contributed by atoms with Crippen LogP contribution in [-0.2, 0) is 11.0 Å². The van der Waals surface area contributed by atoms with Crippen molar-refractivity contribution >= 4 is 11.8 Å². The molecule has 0 bridgehead atoms. The van der Waals surface area contributed by atoms with Crippen LogP contribution in [0.25, 0.3) is 0 Å². The summed E-state index contributed by atoms with van der Waals surface area (Å²) in [7, 11) is 0. The van der Waals surface area contributed by atoms with Gasteiger partial charge in [-0.25, -0.2) is 9.37 Å². The molecule has 20 heavy (non-hydrogen) atoms. The number of alkyl halides is 3. The molecule has 2 rings (SSSR count). The number of hydrogen-bond donors (Lipinski definition) is 1. The topological polar surface area (TPSA) is 53.4 Å². The summed E-state index contributed by atoms with van der Waals surface area (Å²) >= 11 is 0. The van der Waals surface area contributed by atoms with E-state index in [-0.39, 0.29) is 18.9 Å². The first kappa shape index (κ1) is 14.5. The minimum atomic E-state index is -4.64. The molecule has 1 N–H and O–H groups in total. The molecule has 2 heterocycles. The first-order chi connectivity index (χ1) is 9.29. The summed E-state index contributed by atoms with van der Waals surface area (Å²) in [6.07, 6.45) is -3.42. The molecule has 8 heteroatoms. The average Bonchev–Trinajstić information content (AvgIpc) is 2.37. The van der Waals surface area contributed by atoms with Gasteiger partial charge in [-0.1, -0.05) is 0 Å². The molecule has 0 saturated carbocycles. The summed E-state index contributed by atoms with van der Waals surface area (Å²) in [4.78, 5) is 15.8. The van der Waals surface area contributed by atoms with Gasteiger partial charge < -0.3 is 10.0 Å². The average molecular weight is 292 g/mol. The van der Waals surface area contributed by atoms with E-state index >= 15 is 0 Å². The molecule has 0 radical (unpaired) electrons. The second-order valence-electron chi connectivity index (χ2n) is 4.63. The van der Waals surface area contributed by atoms with E-state index in [0.717, 1.165) is 0 Å². The van der Waals surface area contributed by atoms with E-state index in [4.69, 9.17) is 5.11 Å². The number of nitrogens with zero attached hydrogens (tertiary/aromatic N) is 2. The molecule has 0 spiro atoms. The van der Waals surface area contributed by atoms with Crippen molar-refractivity contribution in [2.45, 2.75) is 19.0 Å². The first-order valence-electron chi connectivity index (χ1n) is 5.99. The van der Waals surface area contributed by atoms with Crippen LogP contribution in [-0.4, -0.2) is 29.1 Å². The molecule has 1 aliphatic heterocycles. The van der Waals surface area contributed by atoms with E-state index in [1.54, 1.807) is 0 Å². The van der Waals surface area contributed by atoms with Gasteiger partial charge >= 0.3 is 12.1 Å². The zero-order chi connectivity index (χ0) is 14.9. The standard InChI is InChI=1S/C12H12F4N2O2/c13-9-5-8(12(14,15)16)6-17-10(9)18-3-1-7(2-4-18)11(19)20/h5-7H,1-4H2,(H,19,20). The van der Waals surface area contributed by atoms with Crippen molar-refractivity contribution in [1.29, 1.82) is 0 Å². The highest BCUT2D eigenvalue weighted by Crippen LogP contribution is 2.31. The molecule has 0 amide bonds. The molecule has 4 nitrogen and oxygen atoms in total. The lowest BCUT2D eigenvalue weighted by molar-refractivity contribution is -0.142. The third kappa shape index (κ3) is 3.00. The Kier molecular flexibility index (Phi) is 3.82. The van der Waals surface area contributed by atoms with Crippen molar-refractivity contribution in [3.63, 3.8) is 0 Å². The molecule has 1 fully saturated rings. The largest absolute Gasteiger partial charge is 0.481 e. The molecule has 0 atom stereocenters. The van der Waals surface area contributed by atoms with E-state index in [1.807, 2.05) is 0 Å².